The smallest absolute Gasteiger partial charge is 0.202 e. The van der Waals surface area contributed by atoms with Gasteiger partial charge in [-0.2, -0.15) is 0 Å². The van der Waals surface area contributed by atoms with E-state index < -0.39 is 51.9 Å². The molecule has 276 valence electrons. The van der Waals surface area contributed by atoms with E-state index in [9.17, 15) is 69.6 Å². The molecule has 14 nitrogen and oxygen atoms in total. The van der Waals surface area contributed by atoms with Gasteiger partial charge in [-0.1, -0.05) is 48.5 Å². The number of carbonyl (C=O) groups is 6. The van der Waals surface area contributed by atoms with Gasteiger partial charge in [-0.05, 0) is 48.5 Å². The maximum Gasteiger partial charge on any atom is 0.202 e. The highest BCUT2D eigenvalue weighted by Crippen LogP contribution is 2.43. The normalized spacial score (nSPS) is 13.1. The molecule has 6 aromatic rings. The highest BCUT2D eigenvalue weighted by molar-refractivity contribution is 6.32. The van der Waals surface area contributed by atoms with E-state index in [4.69, 9.17) is 0 Å². The topological polar surface area (TPSA) is 264 Å². The maximum absolute atomic E-state index is 12.3. The molecule has 0 fully saturated rings. The molecule has 6 aromatic carbocycles. The molecule has 0 saturated heterocycles. The van der Waals surface area contributed by atoms with E-state index in [1.165, 1.54) is 66.7 Å². The van der Waals surface area contributed by atoms with Crippen molar-refractivity contribution in [3.8, 4) is 46.0 Å². The minimum atomic E-state index is -0.837. The number of phenols is 8. The third-order valence-corrected chi connectivity index (χ3v) is 9.30. The van der Waals surface area contributed by atoms with Crippen molar-refractivity contribution in [1.82, 2.24) is 0 Å². The van der Waals surface area contributed by atoms with Crippen molar-refractivity contribution in [2.75, 3.05) is 0 Å². The summed E-state index contributed by atoms with van der Waals surface area (Å²) in [6.07, 6.45) is 0. The van der Waals surface area contributed by atoms with Gasteiger partial charge in [-0.3, -0.25) is 28.8 Å². The lowest BCUT2D eigenvalue weighted by Crippen LogP contribution is -2.21. The minimum absolute atomic E-state index is 0.0449. The summed E-state index contributed by atoms with van der Waals surface area (Å²) >= 11 is 0. The van der Waals surface area contributed by atoms with Crippen molar-refractivity contribution in [3.63, 3.8) is 0 Å². The maximum atomic E-state index is 12.3. The fraction of sp³-hybridized carbons (Fsp3) is 0. The van der Waals surface area contributed by atoms with E-state index in [-0.39, 0.29) is 95.5 Å². The Hall–Kier alpha value is -8.26. The van der Waals surface area contributed by atoms with E-state index in [0.29, 0.717) is 0 Å². The number of hydrogen-bond donors (Lipinski definition) is 8. The second-order valence-corrected chi connectivity index (χ2v) is 12.5. The lowest BCUT2D eigenvalue weighted by atomic mass is 9.82. The van der Waals surface area contributed by atoms with Crippen molar-refractivity contribution in [3.05, 3.63) is 164 Å². The molecular weight excluding hydrogens is 728 g/mol. The van der Waals surface area contributed by atoms with Crippen LogP contribution in [0.25, 0.3) is 0 Å². The third-order valence-electron chi connectivity index (χ3n) is 9.30. The average molecular weight is 753 g/mol. The first-order valence-electron chi connectivity index (χ1n) is 16.3. The molecule has 0 spiro atoms. The van der Waals surface area contributed by atoms with E-state index in [1.54, 1.807) is 12.1 Å². The van der Waals surface area contributed by atoms with Crippen LogP contribution in [0, 0.1) is 0 Å². The largest absolute Gasteiger partial charge is 0.507 e. The van der Waals surface area contributed by atoms with Crippen LogP contribution in [0.1, 0.15) is 95.5 Å². The standard InChI is InChI=1S/C14H8O6.2C14H8O4/c15-6-3-4-7(16)11-10(6)12(18)5-1-2-8(17)13(19)9(5)14(11)20;15-9-5-1-3-7-11(9)14(18)12-8(13(7)17)4-2-6-10(12)16;15-9-5-6-10(16)12-11(9)13(17)7-3-1-2-4-8(7)14(12)18/h1-4,15-17,19H;2*1-6,15-16H. The van der Waals surface area contributed by atoms with Gasteiger partial charge in [-0.25, -0.2) is 0 Å². The van der Waals surface area contributed by atoms with E-state index in [1.807, 2.05) is 0 Å². The van der Waals surface area contributed by atoms with Crippen LogP contribution >= 0.6 is 0 Å². The van der Waals surface area contributed by atoms with Crippen LogP contribution < -0.4 is 0 Å². The SMILES string of the molecule is O=C1c2ccc(O)c(O)c2C(=O)c2c(O)ccc(O)c21.O=C1c2cccc(O)c2C(=O)c2c(O)cccc21.O=C1c2ccccc2C(=O)c2c(O)ccc(O)c21. The summed E-state index contributed by atoms with van der Waals surface area (Å²) in [5.41, 5.74) is -0.744. The van der Waals surface area contributed by atoms with Gasteiger partial charge in [0, 0.05) is 27.8 Å². The molecule has 0 unspecified atom stereocenters. The van der Waals surface area contributed by atoms with Crippen LogP contribution in [-0.2, 0) is 0 Å². The molecule has 0 saturated carbocycles. The first kappa shape index (κ1) is 36.1. The van der Waals surface area contributed by atoms with Crippen LogP contribution in [0.2, 0.25) is 0 Å². The summed E-state index contributed by atoms with van der Waals surface area (Å²) in [5.74, 6) is -6.63. The van der Waals surface area contributed by atoms with Crippen LogP contribution in [0.4, 0.5) is 0 Å². The predicted molar refractivity (Wildman–Crippen MR) is 193 cm³/mol. The zero-order chi connectivity index (χ0) is 40.3. The summed E-state index contributed by atoms with van der Waals surface area (Å²) < 4.78 is 0. The first-order chi connectivity index (χ1) is 26.6. The number of fused-ring (bicyclic) bond motifs is 6. The van der Waals surface area contributed by atoms with Gasteiger partial charge in [-0.15, -0.1) is 0 Å². The summed E-state index contributed by atoms with van der Waals surface area (Å²) in [4.78, 5) is 73.4. The van der Waals surface area contributed by atoms with E-state index in [0.717, 1.165) is 18.2 Å². The zero-order valence-corrected chi connectivity index (χ0v) is 28.3. The molecule has 0 heterocycles. The molecule has 9 rings (SSSR count). The van der Waals surface area contributed by atoms with E-state index in [2.05, 4.69) is 0 Å². The van der Waals surface area contributed by atoms with Gasteiger partial charge < -0.3 is 40.9 Å². The summed E-state index contributed by atoms with van der Waals surface area (Å²) in [7, 11) is 0. The molecule has 0 amide bonds. The number of phenolic OH excluding ortho intramolecular Hbond substituents is 8. The lowest BCUT2D eigenvalue weighted by molar-refractivity contribution is 0.0971. The summed E-state index contributed by atoms with van der Waals surface area (Å²) in [6.45, 7) is 0. The second-order valence-electron chi connectivity index (χ2n) is 12.5. The van der Waals surface area contributed by atoms with Crippen molar-refractivity contribution in [2.24, 2.45) is 0 Å². The highest BCUT2D eigenvalue weighted by Gasteiger charge is 2.38. The Morgan fingerprint density at radius 2 is 0.536 bits per heavy atom. The Balaban J connectivity index is 0.000000129. The molecule has 8 N–H and O–H groups in total. The molecule has 0 bridgehead atoms. The fourth-order valence-corrected chi connectivity index (χ4v) is 6.69. The van der Waals surface area contributed by atoms with Crippen molar-refractivity contribution < 1.29 is 69.6 Å². The predicted octanol–water partition coefficient (Wildman–Crippen LogP) is 5.03. The number of aromatic hydroxyl groups is 8. The third kappa shape index (κ3) is 5.44. The molecule has 3 aliphatic rings. The Labute approximate surface area is 313 Å². The van der Waals surface area contributed by atoms with Gasteiger partial charge in [0.25, 0.3) is 0 Å². The molecule has 3 aliphatic carbocycles. The van der Waals surface area contributed by atoms with Crippen molar-refractivity contribution in [2.45, 2.75) is 0 Å². The Morgan fingerprint density at radius 1 is 0.232 bits per heavy atom. The molecule has 56 heavy (non-hydrogen) atoms. The Morgan fingerprint density at radius 3 is 0.964 bits per heavy atom. The Kier molecular flexibility index (Phi) is 8.58. The molecule has 0 aliphatic heterocycles. The summed E-state index contributed by atoms with van der Waals surface area (Å²) in [5, 5.41) is 77.5. The molecule has 0 radical (unpaired) electrons. The Bertz CT molecular complexity index is 2670. The lowest BCUT2D eigenvalue weighted by Gasteiger charge is -2.20. The molecule has 0 atom stereocenters. The monoisotopic (exact) mass is 752 g/mol. The van der Waals surface area contributed by atoms with Crippen LogP contribution in [0.15, 0.2) is 97.1 Å². The number of benzene rings is 6. The van der Waals surface area contributed by atoms with Gasteiger partial charge in [0.05, 0.1) is 38.9 Å². The van der Waals surface area contributed by atoms with Gasteiger partial charge in [0.15, 0.2) is 34.6 Å². The van der Waals surface area contributed by atoms with Crippen molar-refractivity contribution in [1.29, 1.82) is 0 Å². The fourth-order valence-electron chi connectivity index (χ4n) is 6.69. The number of ketones is 6. The van der Waals surface area contributed by atoms with E-state index >= 15 is 0 Å². The average Bonchev–Trinajstić information content (AvgIpc) is 3.18. The van der Waals surface area contributed by atoms with Crippen molar-refractivity contribution >= 4 is 34.7 Å². The minimum Gasteiger partial charge on any atom is -0.507 e. The molecule has 14 heteroatoms. The second kappa shape index (κ2) is 13.3. The highest BCUT2D eigenvalue weighted by atomic mass is 16.3. The molecular formula is C42H24O14. The number of carbonyl (C=O) groups excluding carboxylic acids is 6. The first-order valence-corrected chi connectivity index (χ1v) is 16.3. The van der Waals surface area contributed by atoms with Gasteiger partial charge in [0.1, 0.15) is 34.5 Å². The molecule has 0 aromatic heterocycles. The zero-order valence-electron chi connectivity index (χ0n) is 28.3. The quantitative estimate of drug-likeness (QED) is 0.0746. The van der Waals surface area contributed by atoms with Crippen LogP contribution in [-0.4, -0.2) is 75.6 Å². The van der Waals surface area contributed by atoms with Crippen LogP contribution in [0.3, 0.4) is 0 Å². The summed E-state index contributed by atoms with van der Waals surface area (Å²) in [6, 6.07) is 21.9. The van der Waals surface area contributed by atoms with Crippen LogP contribution in [0.5, 0.6) is 46.0 Å². The number of rotatable bonds is 0. The number of hydrogen-bond acceptors (Lipinski definition) is 14. The van der Waals surface area contributed by atoms with Gasteiger partial charge in [0.2, 0.25) is 11.6 Å². The van der Waals surface area contributed by atoms with Gasteiger partial charge >= 0.3 is 0 Å².